The van der Waals surface area contributed by atoms with Crippen LogP contribution in [0.5, 0.6) is 0 Å². The lowest BCUT2D eigenvalue weighted by Crippen LogP contribution is -2.29. The molecule has 0 radical (unpaired) electrons. The zero-order valence-electron chi connectivity index (χ0n) is 27.3. The lowest BCUT2D eigenvalue weighted by molar-refractivity contribution is -0.161. The molecule has 0 spiro atoms. The van der Waals surface area contributed by atoms with E-state index in [4.69, 9.17) is 19.3 Å². The number of aliphatic hydroxyl groups is 1. The van der Waals surface area contributed by atoms with Gasteiger partial charge in [0, 0.05) is 12.8 Å². The normalized spacial score (nSPS) is 14.2. The predicted molar refractivity (Wildman–Crippen MR) is 180 cm³/mol. The maximum atomic E-state index is 12.2. The first kappa shape index (κ1) is 42.5. The molecular formula is C35H57O9P. The maximum absolute atomic E-state index is 12.2. The Bertz CT molecular complexity index is 976. The Morgan fingerprint density at radius 1 is 0.711 bits per heavy atom. The lowest BCUT2D eigenvalue weighted by atomic mass is 10.1. The molecule has 45 heavy (non-hydrogen) atoms. The van der Waals surface area contributed by atoms with E-state index in [2.05, 4.69) is 36.6 Å². The van der Waals surface area contributed by atoms with Crippen LogP contribution in [0.25, 0.3) is 0 Å². The van der Waals surface area contributed by atoms with Gasteiger partial charge in [0.05, 0.1) is 12.7 Å². The smallest absolute Gasteiger partial charge is 0.462 e. The number of phosphoric ester groups is 1. The summed E-state index contributed by atoms with van der Waals surface area (Å²) in [5.41, 5.74) is 0. The van der Waals surface area contributed by atoms with Crippen LogP contribution in [-0.4, -0.2) is 52.3 Å². The van der Waals surface area contributed by atoms with Crippen LogP contribution in [-0.2, 0) is 28.2 Å². The number of phosphoric acid groups is 1. The van der Waals surface area contributed by atoms with E-state index in [1.54, 1.807) is 6.08 Å². The van der Waals surface area contributed by atoms with Crippen molar-refractivity contribution < 1.29 is 43.0 Å². The molecule has 0 aliphatic heterocycles. The zero-order valence-corrected chi connectivity index (χ0v) is 28.2. The van der Waals surface area contributed by atoms with Gasteiger partial charge in [-0.1, -0.05) is 125 Å². The third-order valence-electron chi connectivity index (χ3n) is 6.33. The summed E-state index contributed by atoms with van der Waals surface area (Å²) in [6, 6.07) is 0. The molecule has 0 saturated heterocycles. The number of esters is 2. The molecule has 0 aliphatic rings. The summed E-state index contributed by atoms with van der Waals surface area (Å²) in [7, 11) is -4.77. The van der Waals surface area contributed by atoms with Gasteiger partial charge < -0.3 is 24.4 Å². The van der Waals surface area contributed by atoms with Crippen molar-refractivity contribution in [1.82, 2.24) is 0 Å². The summed E-state index contributed by atoms with van der Waals surface area (Å²) in [6.45, 7) is 3.34. The first-order valence-electron chi connectivity index (χ1n) is 16.3. The highest BCUT2D eigenvalue weighted by Gasteiger charge is 2.22. The summed E-state index contributed by atoms with van der Waals surface area (Å²) < 4.78 is 26.0. The van der Waals surface area contributed by atoms with Gasteiger partial charge in [0.25, 0.3) is 0 Å². The molecule has 0 aromatic heterocycles. The number of hydrogen-bond donors (Lipinski definition) is 3. The van der Waals surface area contributed by atoms with Gasteiger partial charge in [0.15, 0.2) is 6.10 Å². The van der Waals surface area contributed by atoms with Gasteiger partial charge in [-0.3, -0.25) is 14.1 Å². The second kappa shape index (κ2) is 30.1. The average molecular weight is 653 g/mol. The SMILES string of the molecule is CC/C=C\C/C=C\CC(O)/C=C/C=C\C/C=C\C/C=C\CCC(=O)OC[C@H](COP(=O)(O)O)OC(=O)CCCCCCCCC. The molecule has 0 rings (SSSR count). The van der Waals surface area contributed by atoms with E-state index in [1.807, 2.05) is 48.6 Å². The highest BCUT2D eigenvalue weighted by Crippen LogP contribution is 2.35. The van der Waals surface area contributed by atoms with Crippen molar-refractivity contribution in [2.45, 2.75) is 122 Å². The molecule has 0 heterocycles. The topological polar surface area (TPSA) is 140 Å². The molecule has 10 heteroatoms. The minimum atomic E-state index is -4.77. The molecule has 0 amide bonds. The first-order valence-corrected chi connectivity index (χ1v) is 17.9. The Morgan fingerprint density at radius 2 is 1.33 bits per heavy atom. The van der Waals surface area contributed by atoms with Gasteiger partial charge in [0.2, 0.25) is 0 Å². The van der Waals surface area contributed by atoms with Crippen molar-refractivity contribution in [3.63, 3.8) is 0 Å². The summed E-state index contributed by atoms with van der Waals surface area (Å²) in [6.07, 6.45) is 34.1. The molecule has 0 aliphatic carbocycles. The van der Waals surface area contributed by atoms with Gasteiger partial charge in [-0.05, 0) is 44.9 Å². The highest BCUT2D eigenvalue weighted by molar-refractivity contribution is 7.46. The van der Waals surface area contributed by atoms with Crippen molar-refractivity contribution in [1.29, 1.82) is 0 Å². The highest BCUT2D eigenvalue weighted by atomic mass is 31.2. The number of rotatable bonds is 28. The van der Waals surface area contributed by atoms with E-state index in [1.165, 1.54) is 19.3 Å². The van der Waals surface area contributed by atoms with Crippen LogP contribution in [0.1, 0.15) is 110 Å². The van der Waals surface area contributed by atoms with Crippen molar-refractivity contribution in [2.24, 2.45) is 0 Å². The lowest BCUT2D eigenvalue weighted by Gasteiger charge is -2.18. The quantitative estimate of drug-likeness (QED) is 0.0251. The van der Waals surface area contributed by atoms with E-state index in [9.17, 15) is 19.3 Å². The predicted octanol–water partition coefficient (Wildman–Crippen LogP) is 8.14. The summed E-state index contributed by atoms with van der Waals surface area (Å²) in [5, 5.41) is 9.93. The number of carbonyl (C=O) groups excluding carboxylic acids is 2. The minimum absolute atomic E-state index is 0.116. The Labute approximate surface area is 271 Å². The van der Waals surface area contributed by atoms with Crippen molar-refractivity contribution in [3.05, 3.63) is 72.9 Å². The van der Waals surface area contributed by atoms with Crippen LogP contribution < -0.4 is 0 Å². The Morgan fingerprint density at radius 3 is 2.02 bits per heavy atom. The Kier molecular flexibility index (Phi) is 28.4. The zero-order chi connectivity index (χ0) is 33.4. The first-order chi connectivity index (χ1) is 21.7. The Hall–Kier alpha value is -2.55. The number of carbonyl (C=O) groups is 2. The van der Waals surface area contributed by atoms with Crippen molar-refractivity contribution in [2.75, 3.05) is 13.2 Å². The van der Waals surface area contributed by atoms with Gasteiger partial charge in [0.1, 0.15) is 6.61 Å². The summed E-state index contributed by atoms with van der Waals surface area (Å²) in [5.74, 6) is -1.03. The van der Waals surface area contributed by atoms with Crippen molar-refractivity contribution in [3.8, 4) is 0 Å². The fraction of sp³-hybridized carbons (Fsp3) is 0.600. The van der Waals surface area contributed by atoms with Crippen LogP contribution in [0.4, 0.5) is 0 Å². The van der Waals surface area contributed by atoms with Crippen LogP contribution in [0.2, 0.25) is 0 Å². The third-order valence-corrected chi connectivity index (χ3v) is 6.82. The minimum Gasteiger partial charge on any atom is -0.462 e. The monoisotopic (exact) mass is 652 g/mol. The summed E-state index contributed by atoms with van der Waals surface area (Å²) >= 11 is 0. The van der Waals surface area contributed by atoms with Crippen LogP contribution in [0.3, 0.4) is 0 Å². The molecule has 1 unspecified atom stereocenters. The average Bonchev–Trinajstić information content (AvgIpc) is 2.99. The van der Waals surface area contributed by atoms with Gasteiger partial charge in [-0.25, -0.2) is 4.57 Å². The molecule has 0 fully saturated rings. The third kappa shape index (κ3) is 32.6. The number of allylic oxidation sites excluding steroid dienone is 10. The summed E-state index contributed by atoms with van der Waals surface area (Å²) in [4.78, 5) is 42.3. The molecule has 9 nitrogen and oxygen atoms in total. The molecule has 0 saturated carbocycles. The number of aliphatic hydroxyl groups excluding tert-OH is 1. The van der Waals surface area contributed by atoms with Gasteiger partial charge in [-0.15, -0.1) is 0 Å². The maximum Gasteiger partial charge on any atom is 0.469 e. The molecule has 0 bridgehead atoms. The molecule has 3 N–H and O–H groups in total. The van der Waals surface area contributed by atoms with Crippen LogP contribution >= 0.6 is 7.82 Å². The largest absolute Gasteiger partial charge is 0.469 e. The number of unbranched alkanes of at least 4 members (excludes halogenated alkanes) is 6. The second-order valence-electron chi connectivity index (χ2n) is 10.6. The van der Waals surface area contributed by atoms with Crippen LogP contribution in [0.15, 0.2) is 72.9 Å². The van der Waals surface area contributed by atoms with E-state index >= 15 is 0 Å². The van der Waals surface area contributed by atoms with Crippen molar-refractivity contribution >= 4 is 19.8 Å². The Balaban J connectivity index is 4.21. The molecule has 2 atom stereocenters. The van der Waals surface area contributed by atoms with E-state index in [0.29, 0.717) is 25.7 Å². The standard InChI is InChI=1S/C35H57O9P/c1-3-5-7-9-15-21-25-29-35(38)44-33(31-43-45(39,40)41)30-42-34(37)28-24-20-17-14-12-11-13-16-19-23-27-32(36)26-22-18-10-8-6-4-2/h6,8,11-12,16-20,22-23,27,32-33,36H,3-5,7,9-10,13-15,21,24-26,28-31H2,1-2H3,(H2,39,40,41)/b8-6-,12-11-,19-16-,20-17-,22-18-,27-23+/t32?,33-/m1/s1. The number of hydrogen-bond acceptors (Lipinski definition) is 7. The van der Waals surface area contributed by atoms with Gasteiger partial charge in [-0.2, -0.15) is 0 Å². The van der Waals surface area contributed by atoms with E-state index in [-0.39, 0.29) is 19.4 Å². The fourth-order valence-electron chi connectivity index (χ4n) is 3.89. The van der Waals surface area contributed by atoms with E-state index in [0.717, 1.165) is 38.5 Å². The van der Waals surface area contributed by atoms with Crippen LogP contribution in [0, 0.1) is 0 Å². The molecular weight excluding hydrogens is 595 g/mol. The van der Waals surface area contributed by atoms with Gasteiger partial charge >= 0.3 is 19.8 Å². The number of ether oxygens (including phenoxy) is 2. The molecule has 0 aromatic carbocycles. The molecule has 256 valence electrons. The van der Waals surface area contributed by atoms with E-state index < -0.39 is 38.6 Å². The fourth-order valence-corrected chi connectivity index (χ4v) is 4.25. The molecule has 0 aromatic rings. The second-order valence-corrected chi connectivity index (χ2v) is 11.8.